The van der Waals surface area contributed by atoms with E-state index < -0.39 is 0 Å². The van der Waals surface area contributed by atoms with Gasteiger partial charge in [0, 0.05) is 26.9 Å². The van der Waals surface area contributed by atoms with Crippen LogP contribution in [0.4, 0.5) is 11.4 Å². The number of nitrogens with one attached hydrogen (secondary N) is 2. The van der Waals surface area contributed by atoms with Gasteiger partial charge >= 0.3 is 0 Å². The molecule has 18 heavy (non-hydrogen) atoms. The predicted molar refractivity (Wildman–Crippen MR) is 72.7 cm³/mol. The third-order valence-corrected chi connectivity index (χ3v) is 2.61. The number of hydrogen-bond donors (Lipinski definition) is 2. The van der Waals surface area contributed by atoms with Crippen LogP contribution in [0.3, 0.4) is 0 Å². The fraction of sp³-hybridized carbons (Fsp3) is 0.385. The molecule has 0 radical (unpaired) electrons. The van der Waals surface area contributed by atoms with Gasteiger partial charge in [-0.15, -0.1) is 0 Å². The first-order valence-electron chi connectivity index (χ1n) is 5.84. The lowest BCUT2D eigenvalue weighted by Crippen LogP contribution is -2.25. The molecule has 2 amide bonds. The molecule has 0 aliphatic carbocycles. The second-order valence-electron chi connectivity index (χ2n) is 4.00. The van der Waals surface area contributed by atoms with Crippen LogP contribution >= 0.6 is 0 Å². The van der Waals surface area contributed by atoms with Crippen LogP contribution in [-0.4, -0.2) is 32.5 Å². The van der Waals surface area contributed by atoms with Crippen molar-refractivity contribution in [3.8, 4) is 0 Å². The van der Waals surface area contributed by atoms with Crippen LogP contribution in [0.2, 0.25) is 0 Å². The highest BCUT2D eigenvalue weighted by molar-refractivity contribution is 5.99. The lowest BCUT2D eigenvalue weighted by atomic mass is 10.2. The van der Waals surface area contributed by atoms with E-state index in [0.29, 0.717) is 24.3 Å². The van der Waals surface area contributed by atoms with Crippen molar-refractivity contribution in [2.45, 2.75) is 13.3 Å². The molecule has 98 valence electrons. The van der Waals surface area contributed by atoms with Gasteiger partial charge in [-0.05, 0) is 19.2 Å². The van der Waals surface area contributed by atoms with E-state index in [-0.39, 0.29) is 11.8 Å². The highest BCUT2D eigenvalue weighted by atomic mass is 16.2. The zero-order valence-corrected chi connectivity index (χ0v) is 11.0. The summed E-state index contributed by atoms with van der Waals surface area (Å²) in [6.45, 7) is 2.11. The van der Waals surface area contributed by atoms with Crippen molar-refractivity contribution in [2.24, 2.45) is 0 Å². The smallest absolute Gasteiger partial charge is 0.225 e. The second-order valence-corrected chi connectivity index (χ2v) is 4.00. The molecule has 1 aromatic rings. The van der Waals surface area contributed by atoms with Crippen LogP contribution in [0.1, 0.15) is 13.3 Å². The molecule has 0 saturated carbocycles. The third-order valence-electron chi connectivity index (χ3n) is 2.61. The summed E-state index contributed by atoms with van der Waals surface area (Å²) in [7, 11) is 3.48. The summed E-state index contributed by atoms with van der Waals surface area (Å²) in [5.41, 5.74) is 1.35. The van der Waals surface area contributed by atoms with Gasteiger partial charge in [0.25, 0.3) is 0 Å². The Morgan fingerprint density at radius 3 is 2.56 bits per heavy atom. The topological polar surface area (TPSA) is 61.4 Å². The molecule has 0 heterocycles. The molecule has 0 saturated heterocycles. The van der Waals surface area contributed by atoms with Crippen LogP contribution < -0.4 is 15.5 Å². The van der Waals surface area contributed by atoms with E-state index in [1.807, 2.05) is 12.1 Å². The molecule has 1 aromatic carbocycles. The highest BCUT2D eigenvalue weighted by Crippen LogP contribution is 2.24. The van der Waals surface area contributed by atoms with E-state index in [0.717, 1.165) is 0 Å². The van der Waals surface area contributed by atoms with Gasteiger partial charge in [0.2, 0.25) is 11.8 Å². The Bertz CT molecular complexity index is 432. The number of nitrogens with zero attached hydrogens (tertiary/aromatic N) is 1. The van der Waals surface area contributed by atoms with Gasteiger partial charge in [-0.2, -0.15) is 0 Å². The van der Waals surface area contributed by atoms with Crippen molar-refractivity contribution < 1.29 is 9.59 Å². The van der Waals surface area contributed by atoms with Gasteiger partial charge in [-0.1, -0.05) is 12.1 Å². The maximum absolute atomic E-state index is 11.7. The monoisotopic (exact) mass is 249 g/mol. The summed E-state index contributed by atoms with van der Waals surface area (Å²) in [5, 5.41) is 5.72. The Balaban J connectivity index is 2.82. The number of benzene rings is 1. The Morgan fingerprint density at radius 1 is 1.28 bits per heavy atom. The van der Waals surface area contributed by atoms with Crippen molar-refractivity contribution >= 4 is 23.2 Å². The number of carbonyl (C=O) groups is 2. The maximum Gasteiger partial charge on any atom is 0.225 e. The van der Waals surface area contributed by atoms with Crippen molar-refractivity contribution in [3.63, 3.8) is 0 Å². The van der Waals surface area contributed by atoms with E-state index in [9.17, 15) is 9.59 Å². The van der Waals surface area contributed by atoms with Gasteiger partial charge in [-0.3, -0.25) is 9.59 Å². The summed E-state index contributed by atoms with van der Waals surface area (Å²) >= 11 is 0. The zero-order chi connectivity index (χ0) is 13.5. The standard InChI is InChI=1S/C13H19N3O2/c1-10(17)16(3)12-7-5-4-6-11(12)15-13(18)8-9-14-2/h4-7,14H,8-9H2,1-3H3,(H,15,18). The molecular formula is C13H19N3O2. The molecule has 0 unspecified atom stereocenters. The molecule has 0 aliphatic rings. The fourth-order valence-electron chi connectivity index (χ4n) is 1.49. The van der Waals surface area contributed by atoms with E-state index in [1.54, 1.807) is 26.2 Å². The molecule has 2 N–H and O–H groups in total. The van der Waals surface area contributed by atoms with E-state index in [2.05, 4.69) is 10.6 Å². The van der Waals surface area contributed by atoms with Crippen molar-refractivity contribution in [3.05, 3.63) is 24.3 Å². The molecule has 0 bridgehead atoms. The average Bonchev–Trinajstić information content (AvgIpc) is 2.36. The molecule has 1 rings (SSSR count). The van der Waals surface area contributed by atoms with Gasteiger partial charge in [0.15, 0.2) is 0 Å². The van der Waals surface area contributed by atoms with Crippen LogP contribution in [-0.2, 0) is 9.59 Å². The largest absolute Gasteiger partial charge is 0.324 e. The molecule has 0 fully saturated rings. The third kappa shape index (κ3) is 3.85. The summed E-state index contributed by atoms with van der Waals surface area (Å²) in [6.07, 6.45) is 0.397. The number of anilines is 2. The quantitative estimate of drug-likeness (QED) is 0.824. The zero-order valence-electron chi connectivity index (χ0n) is 11.0. The summed E-state index contributed by atoms with van der Waals surface area (Å²) < 4.78 is 0. The van der Waals surface area contributed by atoms with Crippen LogP contribution in [0.5, 0.6) is 0 Å². The summed E-state index contributed by atoms with van der Waals surface area (Å²) in [6, 6.07) is 7.24. The SMILES string of the molecule is CNCCC(=O)Nc1ccccc1N(C)C(C)=O. The van der Waals surface area contributed by atoms with Crippen LogP contribution in [0, 0.1) is 0 Å². The van der Waals surface area contributed by atoms with Crippen LogP contribution in [0.25, 0.3) is 0 Å². The molecule has 0 atom stereocenters. The van der Waals surface area contributed by atoms with Crippen LogP contribution in [0.15, 0.2) is 24.3 Å². The Labute approximate surface area is 107 Å². The minimum absolute atomic E-state index is 0.0752. The Hall–Kier alpha value is -1.88. The van der Waals surface area contributed by atoms with Crippen molar-refractivity contribution in [2.75, 3.05) is 30.9 Å². The maximum atomic E-state index is 11.7. The average molecular weight is 249 g/mol. The molecule has 5 nitrogen and oxygen atoms in total. The number of para-hydroxylation sites is 2. The first-order valence-corrected chi connectivity index (χ1v) is 5.84. The van der Waals surface area contributed by atoms with Gasteiger partial charge in [-0.25, -0.2) is 0 Å². The lowest BCUT2D eigenvalue weighted by molar-refractivity contribution is -0.117. The molecule has 0 aromatic heterocycles. The van der Waals surface area contributed by atoms with E-state index in [1.165, 1.54) is 11.8 Å². The first kappa shape index (κ1) is 14.2. The number of amides is 2. The Morgan fingerprint density at radius 2 is 1.94 bits per heavy atom. The van der Waals surface area contributed by atoms with Gasteiger partial charge in [0.1, 0.15) is 0 Å². The number of hydrogen-bond acceptors (Lipinski definition) is 3. The first-order chi connectivity index (χ1) is 8.56. The molecule has 0 aliphatic heterocycles. The highest BCUT2D eigenvalue weighted by Gasteiger charge is 2.11. The minimum atomic E-state index is -0.0769. The summed E-state index contributed by atoms with van der Waals surface area (Å²) in [5.74, 6) is -0.152. The number of rotatable bonds is 5. The second kappa shape index (κ2) is 6.76. The van der Waals surface area contributed by atoms with E-state index in [4.69, 9.17) is 0 Å². The fourth-order valence-corrected chi connectivity index (χ4v) is 1.49. The molecule has 5 heteroatoms. The lowest BCUT2D eigenvalue weighted by Gasteiger charge is -2.19. The number of carbonyl (C=O) groups excluding carboxylic acids is 2. The van der Waals surface area contributed by atoms with E-state index >= 15 is 0 Å². The van der Waals surface area contributed by atoms with Gasteiger partial charge in [0.05, 0.1) is 11.4 Å². The van der Waals surface area contributed by atoms with Crippen molar-refractivity contribution in [1.29, 1.82) is 0 Å². The normalized spacial score (nSPS) is 9.94. The molecule has 0 spiro atoms. The molecular weight excluding hydrogens is 230 g/mol. The minimum Gasteiger partial charge on any atom is -0.324 e. The van der Waals surface area contributed by atoms with Crippen molar-refractivity contribution in [1.82, 2.24) is 5.32 Å². The predicted octanol–water partition coefficient (Wildman–Crippen LogP) is 1.22. The van der Waals surface area contributed by atoms with Gasteiger partial charge < -0.3 is 15.5 Å². The summed E-state index contributed by atoms with van der Waals surface area (Å²) in [4.78, 5) is 24.5. The Kier molecular flexibility index (Phi) is 5.32.